The zero-order chi connectivity index (χ0) is 16.0. The van der Waals surface area contributed by atoms with Gasteiger partial charge >= 0.3 is 0 Å². The Morgan fingerprint density at radius 2 is 1.96 bits per heavy atom. The van der Waals surface area contributed by atoms with Crippen LogP contribution in [0.2, 0.25) is 0 Å². The molecule has 0 unspecified atom stereocenters. The van der Waals surface area contributed by atoms with Gasteiger partial charge < -0.3 is 14.4 Å². The number of anilines is 1. The predicted octanol–water partition coefficient (Wildman–Crippen LogP) is 1.65. The van der Waals surface area contributed by atoms with E-state index in [-0.39, 0.29) is 5.56 Å². The third-order valence-corrected chi connectivity index (χ3v) is 4.75. The lowest BCUT2D eigenvalue weighted by Crippen LogP contribution is -2.45. The fraction of sp³-hybridized carbons (Fsp3) is 0.412. The van der Waals surface area contributed by atoms with Crippen molar-refractivity contribution >= 4 is 27.8 Å². The lowest BCUT2D eigenvalue weighted by molar-refractivity contribution is 0.311. The van der Waals surface area contributed by atoms with E-state index in [1.165, 1.54) is 0 Å². The molecule has 0 bridgehead atoms. The summed E-state index contributed by atoms with van der Waals surface area (Å²) in [5, 5.41) is 1.66. The van der Waals surface area contributed by atoms with Crippen molar-refractivity contribution in [2.24, 2.45) is 0 Å². The number of nitrogens with zero attached hydrogens (tertiary/aromatic N) is 4. The molecule has 1 aromatic carbocycles. The molecule has 23 heavy (non-hydrogen) atoms. The molecule has 0 spiro atoms. The minimum Gasteiger partial charge on any atom is -0.348 e. The molecule has 2 aromatic heterocycles. The maximum Gasteiger partial charge on any atom is 0.260 e. The number of hydrogen-bond acceptors (Lipinski definition) is 4. The highest BCUT2D eigenvalue weighted by atomic mass is 16.1. The molecule has 1 N–H and O–H groups in total. The van der Waals surface area contributed by atoms with Gasteiger partial charge in [0.05, 0.1) is 10.9 Å². The first-order valence-electron chi connectivity index (χ1n) is 8.12. The summed E-state index contributed by atoms with van der Waals surface area (Å²) >= 11 is 0. The largest absolute Gasteiger partial charge is 0.348 e. The van der Waals surface area contributed by atoms with Crippen molar-refractivity contribution in [2.75, 3.05) is 38.1 Å². The summed E-state index contributed by atoms with van der Waals surface area (Å²) in [6.07, 6.45) is 2.03. The van der Waals surface area contributed by atoms with E-state index >= 15 is 0 Å². The number of hydrogen-bond donors (Lipinski definition) is 1. The summed E-state index contributed by atoms with van der Waals surface area (Å²) in [6, 6.07) is 6.02. The number of aromatic amines is 1. The maximum absolute atomic E-state index is 12.7. The summed E-state index contributed by atoms with van der Waals surface area (Å²) < 4.78 is 2.14. The van der Waals surface area contributed by atoms with E-state index in [9.17, 15) is 4.79 Å². The number of piperazine rings is 1. The number of nitrogens with one attached hydrogen (secondary N) is 1. The number of benzene rings is 1. The number of fused-ring (bicyclic) bond motifs is 3. The number of aromatic nitrogens is 3. The van der Waals surface area contributed by atoms with Crippen LogP contribution in [0.4, 0.5) is 5.95 Å². The van der Waals surface area contributed by atoms with Crippen LogP contribution in [0.15, 0.2) is 29.2 Å². The average molecular weight is 311 g/mol. The first-order valence-corrected chi connectivity index (χ1v) is 8.12. The SMILES string of the molecule is CCn1ccc2c3c(=O)[nH]c(N4CCN(C)CC4)nc3ccc21. The lowest BCUT2D eigenvalue weighted by Gasteiger charge is -2.32. The monoisotopic (exact) mass is 311 g/mol. The van der Waals surface area contributed by atoms with Crippen molar-refractivity contribution in [1.82, 2.24) is 19.4 Å². The van der Waals surface area contributed by atoms with Crippen LogP contribution in [-0.2, 0) is 6.54 Å². The minimum atomic E-state index is -0.0524. The molecule has 0 amide bonds. The Bertz CT molecular complexity index is 918. The molecule has 1 fully saturated rings. The Morgan fingerprint density at radius 1 is 1.17 bits per heavy atom. The van der Waals surface area contributed by atoms with Crippen LogP contribution in [0.25, 0.3) is 21.8 Å². The number of rotatable bonds is 2. The molecule has 6 nitrogen and oxygen atoms in total. The Balaban J connectivity index is 1.85. The zero-order valence-electron chi connectivity index (χ0n) is 13.5. The van der Waals surface area contributed by atoms with E-state index < -0.39 is 0 Å². The molecule has 1 saturated heterocycles. The quantitative estimate of drug-likeness (QED) is 0.782. The van der Waals surface area contributed by atoms with Gasteiger partial charge in [-0.25, -0.2) is 4.98 Å². The smallest absolute Gasteiger partial charge is 0.260 e. The molecule has 120 valence electrons. The number of H-pyrrole nitrogens is 1. The lowest BCUT2D eigenvalue weighted by atomic mass is 10.1. The first kappa shape index (κ1) is 14.3. The predicted molar refractivity (Wildman–Crippen MR) is 93.2 cm³/mol. The highest BCUT2D eigenvalue weighted by molar-refractivity contribution is 6.05. The van der Waals surface area contributed by atoms with Gasteiger partial charge in [0.2, 0.25) is 5.95 Å². The van der Waals surface area contributed by atoms with Crippen LogP contribution in [0.3, 0.4) is 0 Å². The van der Waals surface area contributed by atoms with Gasteiger partial charge in [-0.1, -0.05) is 0 Å². The van der Waals surface area contributed by atoms with E-state index in [1.807, 2.05) is 18.3 Å². The van der Waals surface area contributed by atoms with Crippen LogP contribution in [0.1, 0.15) is 6.92 Å². The second kappa shape index (κ2) is 5.38. The van der Waals surface area contributed by atoms with E-state index in [0.29, 0.717) is 11.3 Å². The summed E-state index contributed by atoms with van der Waals surface area (Å²) in [6.45, 7) is 6.74. The van der Waals surface area contributed by atoms with Crippen LogP contribution >= 0.6 is 0 Å². The van der Waals surface area contributed by atoms with Crippen molar-refractivity contribution in [1.29, 1.82) is 0 Å². The van der Waals surface area contributed by atoms with Crippen molar-refractivity contribution in [3.63, 3.8) is 0 Å². The zero-order valence-corrected chi connectivity index (χ0v) is 13.5. The molecule has 1 aliphatic heterocycles. The highest BCUT2D eigenvalue weighted by Gasteiger charge is 2.18. The van der Waals surface area contributed by atoms with Gasteiger partial charge in [0, 0.05) is 49.8 Å². The Labute approximate surface area is 134 Å². The fourth-order valence-electron chi connectivity index (χ4n) is 3.34. The van der Waals surface area contributed by atoms with Gasteiger partial charge in [-0.2, -0.15) is 0 Å². The van der Waals surface area contributed by atoms with Gasteiger partial charge in [0.25, 0.3) is 5.56 Å². The molecular weight excluding hydrogens is 290 g/mol. The van der Waals surface area contributed by atoms with Gasteiger partial charge in [-0.3, -0.25) is 9.78 Å². The molecule has 1 aliphatic rings. The summed E-state index contributed by atoms with van der Waals surface area (Å²) in [5.41, 5.74) is 1.80. The summed E-state index contributed by atoms with van der Waals surface area (Å²) in [4.78, 5) is 24.8. The third kappa shape index (κ3) is 2.30. The van der Waals surface area contributed by atoms with Crippen molar-refractivity contribution in [2.45, 2.75) is 13.5 Å². The molecule has 3 heterocycles. The minimum absolute atomic E-state index is 0.0524. The van der Waals surface area contributed by atoms with Crippen LogP contribution in [0.5, 0.6) is 0 Å². The standard InChI is InChI=1S/C17H21N5O/c1-3-21-7-6-12-14(21)5-4-13-15(12)16(23)19-17(18-13)22-10-8-20(2)9-11-22/h4-7H,3,8-11H2,1-2H3,(H,18,19,23). The van der Waals surface area contributed by atoms with E-state index in [0.717, 1.165) is 49.1 Å². The van der Waals surface area contributed by atoms with Gasteiger partial charge in [0.1, 0.15) is 0 Å². The molecule has 0 radical (unpaired) electrons. The topological polar surface area (TPSA) is 57.2 Å². The molecule has 3 aromatic rings. The average Bonchev–Trinajstić information content (AvgIpc) is 2.98. The number of likely N-dealkylation sites (N-methyl/N-ethyl adjacent to an activating group) is 1. The maximum atomic E-state index is 12.7. The Morgan fingerprint density at radius 3 is 2.70 bits per heavy atom. The van der Waals surface area contributed by atoms with E-state index in [2.05, 4.69) is 39.4 Å². The Hall–Kier alpha value is -2.34. The normalized spacial score (nSPS) is 16.5. The van der Waals surface area contributed by atoms with Crippen LogP contribution < -0.4 is 10.5 Å². The van der Waals surface area contributed by atoms with Crippen LogP contribution in [-0.4, -0.2) is 52.7 Å². The molecular formula is C17H21N5O. The van der Waals surface area contributed by atoms with Crippen LogP contribution in [0, 0.1) is 0 Å². The molecule has 4 rings (SSSR count). The second-order valence-corrected chi connectivity index (χ2v) is 6.17. The van der Waals surface area contributed by atoms with Gasteiger partial charge in [-0.15, -0.1) is 0 Å². The second-order valence-electron chi connectivity index (χ2n) is 6.17. The number of aryl methyl sites for hydroxylation is 1. The van der Waals surface area contributed by atoms with Gasteiger partial charge in [-0.05, 0) is 32.2 Å². The highest BCUT2D eigenvalue weighted by Crippen LogP contribution is 2.24. The Kier molecular flexibility index (Phi) is 3.34. The third-order valence-electron chi connectivity index (χ3n) is 4.75. The van der Waals surface area contributed by atoms with Crippen molar-refractivity contribution in [3.8, 4) is 0 Å². The first-order chi connectivity index (χ1) is 11.2. The van der Waals surface area contributed by atoms with E-state index in [1.54, 1.807) is 0 Å². The molecule has 0 atom stereocenters. The molecule has 6 heteroatoms. The van der Waals surface area contributed by atoms with E-state index in [4.69, 9.17) is 4.98 Å². The summed E-state index contributed by atoms with van der Waals surface area (Å²) in [7, 11) is 2.11. The molecule has 0 saturated carbocycles. The van der Waals surface area contributed by atoms with Gasteiger partial charge in [0.15, 0.2) is 0 Å². The van der Waals surface area contributed by atoms with Crippen molar-refractivity contribution < 1.29 is 0 Å². The van der Waals surface area contributed by atoms with Crippen molar-refractivity contribution in [3.05, 3.63) is 34.7 Å². The fourth-order valence-corrected chi connectivity index (χ4v) is 3.34. The molecule has 0 aliphatic carbocycles. The summed E-state index contributed by atoms with van der Waals surface area (Å²) in [5.74, 6) is 0.685.